The molecule has 2 aliphatic rings. The predicted molar refractivity (Wildman–Crippen MR) is 124 cm³/mol. The van der Waals surface area contributed by atoms with Crippen LogP contribution in [0.3, 0.4) is 0 Å². The summed E-state index contributed by atoms with van der Waals surface area (Å²) in [4.78, 5) is 12.2. The summed E-state index contributed by atoms with van der Waals surface area (Å²) in [5, 5.41) is 10.2. The first kappa shape index (κ1) is 26.1. The first-order valence-corrected chi connectivity index (χ1v) is 11.2. The molecular weight excluding hydrogens is 408 g/mol. The molecule has 0 spiro atoms. The molecule has 2 rings (SSSR count). The molecule has 2 bridgehead atoms. The van der Waals surface area contributed by atoms with E-state index in [-0.39, 0.29) is 25.1 Å². The van der Waals surface area contributed by atoms with Gasteiger partial charge in [0.05, 0.1) is 18.3 Å². The maximum absolute atomic E-state index is 12.2. The molecular formula is C26H36O6. The van der Waals surface area contributed by atoms with Gasteiger partial charge in [-0.15, -0.1) is 6.58 Å². The Balaban J connectivity index is 2.19. The largest absolute Gasteiger partial charge is 0.449 e. The van der Waals surface area contributed by atoms with Gasteiger partial charge < -0.3 is 24.1 Å². The van der Waals surface area contributed by atoms with Crippen molar-refractivity contribution >= 4 is 5.97 Å². The van der Waals surface area contributed by atoms with E-state index >= 15 is 0 Å². The molecule has 6 atom stereocenters. The quantitative estimate of drug-likeness (QED) is 0.228. The van der Waals surface area contributed by atoms with Gasteiger partial charge in [0.15, 0.2) is 0 Å². The third kappa shape index (κ3) is 9.54. The SMILES string of the molecule is C=C[C@H](O)C1C/C=C/[C@@H](OCOC)CC(=C)C[C@H](C)C[C@@H]2CC=C[C@@H](CC#CC(=O)O1)O2. The Hall–Kier alpha value is -2.17. The molecule has 1 N–H and O–H groups in total. The lowest BCUT2D eigenvalue weighted by Crippen LogP contribution is -2.29. The fraction of sp³-hybridized carbons (Fsp3) is 0.577. The number of aliphatic hydroxyl groups excluding tert-OH is 1. The standard InChI is InChI=1S/C26H36O6/c1-5-24(27)25-13-7-11-22(30-18-29-4)16-19(2)15-20(3)17-23-12-6-9-21(31-23)10-8-14-26(28)32-25/h5-7,9,11,20-25,27H,1-2,10,12-13,15-18H2,3-4H3/b11-7+/t20-,21-,22+,23-,24-,25?/m0/s1. The van der Waals surface area contributed by atoms with Crippen LogP contribution in [-0.2, 0) is 23.7 Å². The van der Waals surface area contributed by atoms with E-state index in [1.54, 1.807) is 7.11 Å². The molecule has 0 aromatic rings. The van der Waals surface area contributed by atoms with Crippen molar-refractivity contribution in [3.63, 3.8) is 0 Å². The molecule has 2 aliphatic heterocycles. The summed E-state index contributed by atoms with van der Waals surface area (Å²) in [5.74, 6) is 5.08. The van der Waals surface area contributed by atoms with E-state index in [4.69, 9.17) is 18.9 Å². The maximum Gasteiger partial charge on any atom is 0.384 e. The minimum atomic E-state index is -1.00. The molecule has 0 amide bonds. The number of ether oxygens (including phenoxy) is 4. The second kappa shape index (κ2) is 14.1. The molecule has 0 radical (unpaired) electrons. The third-order valence-electron chi connectivity index (χ3n) is 5.40. The fourth-order valence-corrected chi connectivity index (χ4v) is 3.89. The van der Waals surface area contributed by atoms with Crippen molar-refractivity contribution in [3.05, 3.63) is 49.1 Å². The highest BCUT2D eigenvalue weighted by atomic mass is 16.7. The van der Waals surface area contributed by atoms with Crippen molar-refractivity contribution in [2.45, 2.75) is 76.0 Å². The Morgan fingerprint density at radius 2 is 2.09 bits per heavy atom. The first-order valence-electron chi connectivity index (χ1n) is 11.2. The second-order valence-corrected chi connectivity index (χ2v) is 8.41. The lowest BCUT2D eigenvalue weighted by atomic mass is 9.91. The van der Waals surface area contributed by atoms with E-state index < -0.39 is 18.2 Å². The number of carbonyl (C=O) groups excluding carboxylic acids is 1. The highest BCUT2D eigenvalue weighted by molar-refractivity contribution is 5.88. The van der Waals surface area contributed by atoms with Crippen LogP contribution in [0.1, 0.15) is 45.4 Å². The van der Waals surface area contributed by atoms with Gasteiger partial charge in [0, 0.05) is 25.9 Å². The molecule has 0 aromatic carbocycles. The number of hydrogen-bond donors (Lipinski definition) is 1. The molecule has 0 saturated carbocycles. The summed E-state index contributed by atoms with van der Waals surface area (Å²) < 4.78 is 22.4. The van der Waals surface area contributed by atoms with Crippen LogP contribution in [0.4, 0.5) is 0 Å². The van der Waals surface area contributed by atoms with Crippen LogP contribution >= 0.6 is 0 Å². The Labute approximate surface area is 192 Å². The molecule has 32 heavy (non-hydrogen) atoms. The monoisotopic (exact) mass is 444 g/mol. The van der Waals surface area contributed by atoms with E-state index in [0.717, 1.165) is 24.8 Å². The van der Waals surface area contributed by atoms with Crippen molar-refractivity contribution in [2.24, 2.45) is 5.92 Å². The van der Waals surface area contributed by atoms with Gasteiger partial charge in [-0.2, -0.15) is 0 Å². The molecule has 2 heterocycles. The fourth-order valence-electron chi connectivity index (χ4n) is 3.89. The molecule has 0 fully saturated rings. The normalized spacial score (nSPS) is 31.9. The van der Waals surface area contributed by atoms with Crippen LogP contribution in [-0.4, -0.2) is 55.5 Å². The minimum Gasteiger partial charge on any atom is -0.449 e. The van der Waals surface area contributed by atoms with Gasteiger partial charge in [0.25, 0.3) is 0 Å². The number of esters is 1. The summed E-state index contributed by atoms with van der Waals surface area (Å²) in [5.41, 5.74) is 1.09. The molecule has 6 nitrogen and oxygen atoms in total. The predicted octanol–water partition coefficient (Wildman–Crippen LogP) is 3.86. The van der Waals surface area contributed by atoms with Gasteiger partial charge in [-0.3, -0.25) is 0 Å². The summed E-state index contributed by atoms with van der Waals surface area (Å²) in [6, 6.07) is 0. The topological polar surface area (TPSA) is 74.2 Å². The second-order valence-electron chi connectivity index (χ2n) is 8.41. The van der Waals surface area contributed by atoms with Crippen LogP contribution in [0.2, 0.25) is 0 Å². The molecule has 0 aliphatic carbocycles. The van der Waals surface area contributed by atoms with Gasteiger partial charge >= 0.3 is 5.97 Å². The zero-order valence-corrected chi connectivity index (χ0v) is 19.2. The third-order valence-corrected chi connectivity index (χ3v) is 5.40. The highest BCUT2D eigenvalue weighted by Gasteiger charge is 2.22. The number of methoxy groups -OCH3 is 1. The lowest BCUT2D eigenvalue weighted by molar-refractivity contribution is -0.145. The zero-order valence-electron chi connectivity index (χ0n) is 19.2. The summed E-state index contributed by atoms with van der Waals surface area (Å²) in [6.07, 6.45) is 11.2. The van der Waals surface area contributed by atoms with E-state index in [1.165, 1.54) is 6.08 Å². The van der Waals surface area contributed by atoms with E-state index in [9.17, 15) is 9.90 Å². The van der Waals surface area contributed by atoms with Gasteiger partial charge in [-0.25, -0.2) is 4.79 Å². The smallest absolute Gasteiger partial charge is 0.384 e. The van der Waals surface area contributed by atoms with Crippen LogP contribution in [0.5, 0.6) is 0 Å². The summed E-state index contributed by atoms with van der Waals surface area (Å²) in [6.45, 7) is 10.2. The number of hydrogen-bond acceptors (Lipinski definition) is 6. The Morgan fingerprint density at radius 3 is 2.84 bits per heavy atom. The molecule has 0 saturated heterocycles. The summed E-state index contributed by atoms with van der Waals surface area (Å²) >= 11 is 0. The van der Waals surface area contributed by atoms with Crippen molar-refractivity contribution < 1.29 is 28.8 Å². The molecule has 6 heteroatoms. The summed E-state index contributed by atoms with van der Waals surface area (Å²) in [7, 11) is 1.57. The van der Waals surface area contributed by atoms with Crippen molar-refractivity contribution in [1.29, 1.82) is 0 Å². The first-order chi connectivity index (χ1) is 15.4. The molecule has 176 valence electrons. The molecule has 1 unspecified atom stereocenters. The average Bonchev–Trinajstić information content (AvgIpc) is 2.75. The number of cyclic esters (lactones) is 1. The van der Waals surface area contributed by atoms with Gasteiger partial charge in [-0.05, 0) is 31.6 Å². The van der Waals surface area contributed by atoms with E-state index in [2.05, 4.69) is 38.0 Å². The van der Waals surface area contributed by atoms with Crippen LogP contribution in [0.15, 0.2) is 49.1 Å². The number of carbonyl (C=O) groups is 1. The van der Waals surface area contributed by atoms with Crippen LogP contribution in [0.25, 0.3) is 0 Å². The maximum atomic E-state index is 12.2. The zero-order chi connectivity index (χ0) is 23.3. The van der Waals surface area contributed by atoms with Gasteiger partial charge in [-0.1, -0.05) is 55.4 Å². The van der Waals surface area contributed by atoms with E-state index in [0.29, 0.717) is 25.2 Å². The minimum absolute atomic E-state index is 0.119. The van der Waals surface area contributed by atoms with Crippen LogP contribution in [0, 0.1) is 17.8 Å². The van der Waals surface area contributed by atoms with Gasteiger partial charge in [0.2, 0.25) is 0 Å². The Kier molecular flexibility index (Phi) is 11.5. The Bertz CT molecular complexity index is 743. The lowest BCUT2D eigenvalue weighted by Gasteiger charge is -2.28. The van der Waals surface area contributed by atoms with E-state index in [1.807, 2.05) is 18.2 Å². The Morgan fingerprint density at radius 1 is 1.31 bits per heavy atom. The van der Waals surface area contributed by atoms with Crippen molar-refractivity contribution in [2.75, 3.05) is 13.9 Å². The molecule has 0 aromatic heterocycles. The number of rotatable bonds is 5. The van der Waals surface area contributed by atoms with Crippen molar-refractivity contribution in [1.82, 2.24) is 0 Å². The average molecular weight is 445 g/mol. The van der Waals surface area contributed by atoms with Gasteiger partial charge in [0.1, 0.15) is 19.0 Å². The van der Waals surface area contributed by atoms with Crippen LogP contribution < -0.4 is 0 Å². The number of aliphatic hydroxyl groups is 1. The van der Waals surface area contributed by atoms with Crippen molar-refractivity contribution in [3.8, 4) is 11.8 Å². The number of fused-ring (bicyclic) bond motifs is 2. The highest BCUT2D eigenvalue weighted by Crippen LogP contribution is 2.26.